The highest BCUT2D eigenvalue weighted by molar-refractivity contribution is 5.81. The van der Waals surface area contributed by atoms with E-state index in [1.807, 2.05) is 6.07 Å². The first-order chi connectivity index (χ1) is 7.65. The summed E-state index contributed by atoms with van der Waals surface area (Å²) in [5, 5.41) is 8.52. The number of hydrogen-bond donors (Lipinski definition) is 1. The molecule has 16 heavy (non-hydrogen) atoms. The van der Waals surface area contributed by atoms with Crippen molar-refractivity contribution in [1.82, 2.24) is 4.90 Å². The SMILES string of the molecule is C[C@@H](N)C(=O)N(CCC#N)Cc1ccco1. The fraction of sp³-hybridized carbons (Fsp3) is 0.455. The van der Waals surface area contributed by atoms with E-state index in [-0.39, 0.29) is 5.91 Å². The summed E-state index contributed by atoms with van der Waals surface area (Å²) in [5.41, 5.74) is 5.53. The van der Waals surface area contributed by atoms with Crippen molar-refractivity contribution in [2.75, 3.05) is 6.54 Å². The van der Waals surface area contributed by atoms with Gasteiger partial charge < -0.3 is 15.1 Å². The molecule has 1 atom stereocenters. The van der Waals surface area contributed by atoms with Gasteiger partial charge in [-0.25, -0.2) is 0 Å². The Morgan fingerprint density at radius 3 is 3.00 bits per heavy atom. The van der Waals surface area contributed by atoms with Gasteiger partial charge in [-0.05, 0) is 19.1 Å². The van der Waals surface area contributed by atoms with Crippen LogP contribution in [0.1, 0.15) is 19.1 Å². The molecule has 0 saturated carbocycles. The van der Waals surface area contributed by atoms with Crippen LogP contribution in [0.15, 0.2) is 22.8 Å². The van der Waals surface area contributed by atoms with Crippen molar-refractivity contribution in [3.05, 3.63) is 24.2 Å². The Hall–Kier alpha value is -1.80. The van der Waals surface area contributed by atoms with Gasteiger partial charge in [0.05, 0.1) is 31.3 Å². The van der Waals surface area contributed by atoms with Gasteiger partial charge in [0.2, 0.25) is 5.91 Å². The van der Waals surface area contributed by atoms with Crippen LogP contribution in [0.5, 0.6) is 0 Å². The smallest absolute Gasteiger partial charge is 0.239 e. The van der Waals surface area contributed by atoms with E-state index in [1.165, 1.54) is 4.90 Å². The predicted octanol–water partition coefficient (Wildman–Crippen LogP) is 0.869. The monoisotopic (exact) mass is 221 g/mol. The minimum absolute atomic E-state index is 0.174. The number of rotatable bonds is 5. The molecule has 0 fully saturated rings. The number of hydrogen-bond acceptors (Lipinski definition) is 4. The standard InChI is InChI=1S/C11H15N3O2/c1-9(13)11(15)14(6-3-5-12)8-10-4-2-7-16-10/h2,4,7,9H,3,6,8,13H2,1H3/t9-/m1/s1. The molecule has 0 saturated heterocycles. The second kappa shape index (κ2) is 5.93. The molecule has 0 aliphatic heterocycles. The summed E-state index contributed by atoms with van der Waals surface area (Å²) in [6, 6.07) is 4.99. The molecule has 1 aromatic rings. The number of nitrogens with zero attached hydrogens (tertiary/aromatic N) is 2. The summed E-state index contributed by atoms with van der Waals surface area (Å²) in [4.78, 5) is 13.3. The number of carbonyl (C=O) groups is 1. The molecule has 1 aromatic heterocycles. The zero-order valence-electron chi connectivity index (χ0n) is 9.22. The van der Waals surface area contributed by atoms with Gasteiger partial charge in [0.1, 0.15) is 5.76 Å². The zero-order chi connectivity index (χ0) is 12.0. The summed E-state index contributed by atoms with van der Waals surface area (Å²) in [6.45, 7) is 2.36. The summed E-state index contributed by atoms with van der Waals surface area (Å²) in [6.07, 6.45) is 1.84. The lowest BCUT2D eigenvalue weighted by Crippen LogP contribution is -2.42. The first-order valence-corrected chi connectivity index (χ1v) is 5.09. The van der Waals surface area contributed by atoms with Crippen molar-refractivity contribution in [3.8, 4) is 6.07 Å². The van der Waals surface area contributed by atoms with Crippen LogP contribution in [0.25, 0.3) is 0 Å². The normalized spacial score (nSPS) is 11.8. The summed E-state index contributed by atoms with van der Waals surface area (Å²) in [7, 11) is 0. The summed E-state index contributed by atoms with van der Waals surface area (Å²) < 4.78 is 5.16. The molecule has 0 radical (unpaired) electrons. The van der Waals surface area contributed by atoms with Gasteiger partial charge >= 0.3 is 0 Å². The average Bonchev–Trinajstić information content (AvgIpc) is 2.75. The van der Waals surface area contributed by atoms with Crippen molar-refractivity contribution in [2.45, 2.75) is 25.9 Å². The number of nitrogens with two attached hydrogens (primary N) is 1. The van der Waals surface area contributed by atoms with E-state index in [0.29, 0.717) is 25.3 Å². The van der Waals surface area contributed by atoms with E-state index in [4.69, 9.17) is 15.4 Å². The molecule has 1 rings (SSSR count). The molecule has 0 spiro atoms. The van der Waals surface area contributed by atoms with E-state index < -0.39 is 6.04 Å². The third kappa shape index (κ3) is 3.41. The molecule has 2 N–H and O–H groups in total. The minimum Gasteiger partial charge on any atom is -0.467 e. The summed E-state index contributed by atoms with van der Waals surface area (Å²) >= 11 is 0. The van der Waals surface area contributed by atoms with Crippen molar-refractivity contribution in [1.29, 1.82) is 5.26 Å². The number of amides is 1. The molecule has 0 aliphatic carbocycles. The van der Waals surface area contributed by atoms with E-state index in [1.54, 1.807) is 25.3 Å². The van der Waals surface area contributed by atoms with Crippen LogP contribution in [0.3, 0.4) is 0 Å². The first-order valence-electron chi connectivity index (χ1n) is 5.09. The molecule has 1 heterocycles. The lowest BCUT2D eigenvalue weighted by molar-refractivity contribution is -0.133. The minimum atomic E-state index is -0.561. The number of carbonyl (C=O) groups excluding carboxylic acids is 1. The van der Waals surface area contributed by atoms with Crippen molar-refractivity contribution in [2.24, 2.45) is 5.73 Å². The summed E-state index contributed by atoms with van der Waals surface area (Å²) in [5.74, 6) is 0.513. The van der Waals surface area contributed by atoms with E-state index in [2.05, 4.69) is 0 Å². The molecule has 0 bridgehead atoms. The average molecular weight is 221 g/mol. The van der Waals surface area contributed by atoms with E-state index >= 15 is 0 Å². The van der Waals surface area contributed by atoms with E-state index in [0.717, 1.165) is 0 Å². The molecular formula is C11H15N3O2. The second-order valence-corrected chi connectivity index (χ2v) is 3.54. The van der Waals surface area contributed by atoms with Crippen LogP contribution < -0.4 is 5.73 Å². The predicted molar refractivity (Wildman–Crippen MR) is 58.0 cm³/mol. The van der Waals surface area contributed by atoms with E-state index in [9.17, 15) is 4.79 Å². The van der Waals surface area contributed by atoms with Crippen LogP contribution in [0.4, 0.5) is 0 Å². The van der Waals surface area contributed by atoms with Crippen molar-refractivity contribution >= 4 is 5.91 Å². The fourth-order valence-electron chi connectivity index (χ4n) is 1.33. The third-order valence-electron chi connectivity index (χ3n) is 2.12. The molecule has 0 aromatic carbocycles. The third-order valence-corrected chi connectivity index (χ3v) is 2.12. The van der Waals surface area contributed by atoms with Crippen LogP contribution >= 0.6 is 0 Å². The maximum Gasteiger partial charge on any atom is 0.239 e. The molecule has 0 aliphatic rings. The van der Waals surface area contributed by atoms with Gasteiger partial charge in [0, 0.05) is 6.54 Å². The fourth-order valence-corrected chi connectivity index (χ4v) is 1.33. The maximum atomic E-state index is 11.7. The Kier molecular flexibility index (Phi) is 4.55. The highest BCUT2D eigenvalue weighted by Crippen LogP contribution is 2.07. The molecular weight excluding hydrogens is 206 g/mol. The van der Waals surface area contributed by atoms with Gasteiger partial charge in [-0.15, -0.1) is 0 Å². The molecule has 86 valence electrons. The first kappa shape index (κ1) is 12.3. The van der Waals surface area contributed by atoms with Gasteiger partial charge in [-0.3, -0.25) is 4.79 Å². The Labute approximate surface area is 94.4 Å². The zero-order valence-corrected chi connectivity index (χ0v) is 9.22. The second-order valence-electron chi connectivity index (χ2n) is 3.54. The van der Waals surface area contributed by atoms with Crippen LogP contribution in [0.2, 0.25) is 0 Å². The van der Waals surface area contributed by atoms with Gasteiger partial charge in [-0.2, -0.15) is 5.26 Å². The lowest BCUT2D eigenvalue weighted by atomic mass is 10.2. The van der Waals surface area contributed by atoms with Crippen LogP contribution in [-0.4, -0.2) is 23.4 Å². The Morgan fingerprint density at radius 2 is 2.50 bits per heavy atom. The number of furan rings is 1. The maximum absolute atomic E-state index is 11.7. The van der Waals surface area contributed by atoms with Gasteiger partial charge in [0.25, 0.3) is 0 Å². The molecule has 1 amide bonds. The van der Waals surface area contributed by atoms with Crippen LogP contribution in [0, 0.1) is 11.3 Å². The van der Waals surface area contributed by atoms with Crippen molar-refractivity contribution < 1.29 is 9.21 Å². The largest absolute Gasteiger partial charge is 0.467 e. The Morgan fingerprint density at radius 1 is 1.75 bits per heavy atom. The van der Waals surface area contributed by atoms with Crippen LogP contribution in [-0.2, 0) is 11.3 Å². The number of nitriles is 1. The molecule has 5 heteroatoms. The Bertz CT molecular complexity index is 365. The molecule has 5 nitrogen and oxygen atoms in total. The van der Waals surface area contributed by atoms with Gasteiger partial charge in [0.15, 0.2) is 0 Å². The lowest BCUT2D eigenvalue weighted by Gasteiger charge is -2.22. The highest BCUT2D eigenvalue weighted by Gasteiger charge is 2.18. The van der Waals surface area contributed by atoms with Crippen molar-refractivity contribution in [3.63, 3.8) is 0 Å². The highest BCUT2D eigenvalue weighted by atomic mass is 16.3. The quantitative estimate of drug-likeness (QED) is 0.799. The topological polar surface area (TPSA) is 83.3 Å². The molecule has 0 unspecified atom stereocenters. The Balaban J connectivity index is 2.64. The van der Waals surface area contributed by atoms with Gasteiger partial charge in [-0.1, -0.05) is 0 Å².